The third kappa shape index (κ3) is 2.28. The van der Waals surface area contributed by atoms with Crippen LogP contribution in [0.1, 0.15) is 5.56 Å². The van der Waals surface area contributed by atoms with Gasteiger partial charge in [0, 0.05) is 16.1 Å². The van der Waals surface area contributed by atoms with E-state index in [4.69, 9.17) is 16.9 Å². The largest absolute Gasteiger partial charge is 0.506 e. The number of phenols is 1. The van der Waals surface area contributed by atoms with Gasteiger partial charge in [-0.25, -0.2) is 0 Å². The van der Waals surface area contributed by atoms with E-state index in [-0.39, 0.29) is 5.75 Å². The Kier molecular flexibility index (Phi) is 3.37. The third-order valence-electron chi connectivity index (χ3n) is 2.36. The van der Waals surface area contributed by atoms with E-state index in [0.717, 1.165) is 0 Å². The lowest BCUT2D eigenvalue weighted by molar-refractivity contribution is 0.474. The topological polar surface area (TPSA) is 44.0 Å². The highest BCUT2D eigenvalue weighted by molar-refractivity contribution is 9.10. The van der Waals surface area contributed by atoms with E-state index in [2.05, 4.69) is 15.9 Å². The van der Waals surface area contributed by atoms with Crippen molar-refractivity contribution in [2.24, 2.45) is 0 Å². The number of nitrogens with zero attached hydrogens (tertiary/aromatic N) is 1. The first-order valence-corrected chi connectivity index (χ1v) is 5.98. The smallest absolute Gasteiger partial charge is 0.137 e. The van der Waals surface area contributed by atoms with E-state index < -0.39 is 0 Å². The summed E-state index contributed by atoms with van der Waals surface area (Å²) in [7, 11) is 0. The second-order valence-electron chi connectivity index (χ2n) is 3.45. The number of hydrogen-bond donors (Lipinski definition) is 1. The minimum absolute atomic E-state index is 0.0806. The van der Waals surface area contributed by atoms with Gasteiger partial charge in [-0.05, 0) is 34.1 Å². The lowest BCUT2D eigenvalue weighted by atomic mass is 10.0. The van der Waals surface area contributed by atoms with Crippen LogP contribution in [0.3, 0.4) is 0 Å². The maximum atomic E-state index is 9.98. The van der Waals surface area contributed by atoms with Crippen molar-refractivity contribution in [3.63, 3.8) is 0 Å². The zero-order chi connectivity index (χ0) is 12.4. The first kappa shape index (κ1) is 12.0. The summed E-state index contributed by atoms with van der Waals surface area (Å²) in [5.41, 5.74) is 1.70. The van der Waals surface area contributed by atoms with Crippen LogP contribution < -0.4 is 0 Å². The van der Waals surface area contributed by atoms with Crippen molar-refractivity contribution >= 4 is 27.5 Å². The number of benzene rings is 2. The molecule has 1 N–H and O–H groups in total. The van der Waals surface area contributed by atoms with Crippen LogP contribution in [0.5, 0.6) is 5.75 Å². The molecule has 2 rings (SSSR count). The lowest BCUT2D eigenvalue weighted by Crippen LogP contribution is -1.84. The van der Waals surface area contributed by atoms with Gasteiger partial charge in [-0.15, -0.1) is 0 Å². The third-order valence-corrected chi connectivity index (χ3v) is 3.29. The number of aromatic hydroxyl groups is 1. The molecule has 0 aliphatic carbocycles. The van der Waals surface area contributed by atoms with E-state index >= 15 is 0 Å². The highest BCUT2D eigenvalue weighted by Gasteiger charge is 2.12. The summed E-state index contributed by atoms with van der Waals surface area (Å²) in [4.78, 5) is 0. The predicted octanol–water partition coefficient (Wildman–Crippen LogP) is 4.35. The fraction of sp³-hybridized carbons (Fsp3) is 0. The van der Waals surface area contributed by atoms with Crippen molar-refractivity contribution in [3.8, 4) is 22.9 Å². The van der Waals surface area contributed by atoms with Crippen LogP contribution in [0, 0.1) is 11.3 Å². The van der Waals surface area contributed by atoms with E-state index in [1.807, 2.05) is 18.2 Å². The van der Waals surface area contributed by atoms with Crippen molar-refractivity contribution in [2.45, 2.75) is 0 Å². The van der Waals surface area contributed by atoms with Gasteiger partial charge in [-0.3, -0.25) is 0 Å². The van der Waals surface area contributed by atoms with Crippen molar-refractivity contribution in [1.29, 1.82) is 5.26 Å². The maximum Gasteiger partial charge on any atom is 0.137 e. The molecule has 0 saturated carbocycles. The van der Waals surface area contributed by atoms with Gasteiger partial charge in [0.25, 0.3) is 0 Å². The van der Waals surface area contributed by atoms with Gasteiger partial charge in [0.15, 0.2) is 0 Å². The molecule has 2 aromatic carbocycles. The quantitative estimate of drug-likeness (QED) is 0.851. The van der Waals surface area contributed by atoms with E-state index in [0.29, 0.717) is 26.2 Å². The van der Waals surface area contributed by atoms with Gasteiger partial charge in [-0.1, -0.05) is 29.8 Å². The van der Waals surface area contributed by atoms with E-state index in [1.54, 1.807) is 24.3 Å². The zero-order valence-electron chi connectivity index (χ0n) is 8.61. The van der Waals surface area contributed by atoms with Crippen LogP contribution >= 0.6 is 27.5 Å². The molecular formula is C13H7BrClNO. The first-order chi connectivity index (χ1) is 8.13. The van der Waals surface area contributed by atoms with Gasteiger partial charge in [0.2, 0.25) is 0 Å². The Labute approximate surface area is 112 Å². The number of hydrogen-bond acceptors (Lipinski definition) is 2. The van der Waals surface area contributed by atoms with Crippen molar-refractivity contribution < 1.29 is 5.11 Å². The number of rotatable bonds is 1. The van der Waals surface area contributed by atoms with Crippen LogP contribution in [0.25, 0.3) is 11.1 Å². The molecular weight excluding hydrogens is 302 g/mol. The molecule has 0 saturated heterocycles. The summed E-state index contributed by atoms with van der Waals surface area (Å²) in [6.07, 6.45) is 0. The Balaban J connectivity index is 2.72. The summed E-state index contributed by atoms with van der Waals surface area (Å²) >= 11 is 9.28. The van der Waals surface area contributed by atoms with Gasteiger partial charge in [0.05, 0.1) is 16.1 Å². The van der Waals surface area contributed by atoms with Crippen LogP contribution in [0.15, 0.2) is 40.9 Å². The monoisotopic (exact) mass is 307 g/mol. The second-order valence-corrected chi connectivity index (χ2v) is 4.71. The van der Waals surface area contributed by atoms with Gasteiger partial charge in [-0.2, -0.15) is 5.26 Å². The maximum absolute atomic E-state index is 9.98. The number of nitriles is 1. The minimum atomic E-state index is 0.0806. The normalized spacial score (nSPS) is 9.94. The van der Waals surface area contributed by atoms with Gasteiger partial charge < -0.3 is 5.11 Å². The van der Waals surface area contributed by atoms with Crippen LogP contribution in [-0.4, -0.2) is 5.11 Å². The molecule has 0 bridgehead atoms. The Morgan fingerprint density at radius 2 is 1.88 bits per heavy atom. The predicted molar refractivity (Wildman–Crippen MR) is 71.0 cm³/mol. The van der Waals surface area contributed by atoms with Crippen LogP contribution in [-0.2, 0) is 0 Å². The van der Waals surface area contributed by atoms with E-state index in [9.17, 15) is 5.11 Å². The van der Waals surface area contributed by atoms with Crippen molar-refractivity contribution in [3.05, 3.63) is 51.5 Å². The molecule has 0 atom stereocenters. The minimum Gasteiger partial charge on any atom is -0.506 e. The summed E-state index contributed by atoms with van der Waals surface area (Å²) in [5, 5.41) is 19.4. The molecule has 0 unspecified atom stereocenters. The molecule has 0 aliphatic rings. The molecule has 0 amide bonds. The summed E-state index contributed by atoms with van der Waals surface area (Å²) < 4.78 is 0.478. The molecule has 17 heavy (non-hydrogen) atoms. The fourth-order valence-corrected chi connectivity index (χ4v) is 2.25. The SMILES string of the molecule is N#Cc1cc(Br)c(O)c(-c2ccccc2Cl)c1. The second kappa shape index (κ2) is 4.79. The van der Waals surface area contributed by atoms with Crippen molar-refractivity contribution in [2.75, 3.05) is 0 Å². The molecule has 0 spiro atoms. The van der Waals surface area contributed by atoms with Crippen molar-refractivity contribution in [1.82, 2.24) is 0 Å². The highest BCUT2D eigenvalue weighted by Crippen LogP contribution is 2.39. The summed E-state index contributed by atoms with van der Waals surface area (Å²) in [6, 6.07) is 12.4. The lowest BCUT2D eigenvalue weighted by Gasteiger charge is -2.08. The number of halogens is 2. The molecule has 4 heteroatoms. The van der Waals surface area contributed by atoms with Gasteiger partial charge in [0.1, 0.15) is 5.75 Å². The fourth-order valence-electron chi connectivity index (χ4n) is 1.55. The molecule has 0 aromatic heterocycles. The average Bonchev–Trinajstić information content (AvgIpc) is 2.33. The molecule has 0 radical (unpaired) electrons. The first-order valence-electron chi connectivity index (χ1n) is 4.81. The van der Waals surface area contributed by atoms with Gasteiger partial charge >= 0.3 is 0 Å². The zero-order valence-corrected chi connectivity index (χ0v) is 11.0. The highest BCUT2D eigenvalue weighted by atomic mass is 79.9. The van der Waals surface area contributed by atoms with E-state index in [1.165, 1.54) is 0 Å². The number of phenolic OH excluding ortho intramolecular Hbond substituents is 1. The Hall–Kier alpha value is -1.50. The standard InChI is InChI=1S/C13H7BrClNO/c14-11-6-8(7-16)5-10(13(11)17)9-3-1-2-4-12(9)15/h1-6,17H. The average molecular weight is 309 g/mol. The molecule has 2 nitrogen and oxygen atoms in total. The molecule has 0 aliphatic heterocycles. The molecule has 84 valence electrons. The summed E-state index contributed by atoms with van der Waals surface area (Å²) in [5.74, 6) is 0.0806. The Bertz CT molecular complexity index is 619. The Morgan fingerprint density at radius 3 is 2.53 bits per heavy atom. The molecule has 0 fully saturated rings. The van der Waals surface area contributed by atoms with Crippen LogP contribution in [0.2, 0.25) is 5.02 Å². The Morgan fingerprint density at radius 1 is 1.18 bits per heavy atom. The van der Waals surface area contributed by atoms with Crippen LogP contribution in [0.4, 0.5) is 0 Å². The molecule has 2 aromatic rings. The summed E-state index contributed by atoms with van der Waals surface area (Å²) in [6.45, 7) is 0. The molecule has 0 heterocycles.